The van der Waals surface area contributed by atoms with Gasteiger partial charge in [-0.05, 0) is 42.6 Å². The Balaban J connectivity index is 1.26. The maximum Gasteiger partial charge on any atom is 0.310 e. The molecule has 2 aliphatic heterocycles. The molecule has 0 bridgehead atoms. The number of ether oxygens (including phenoxy) is 1. The van der Waals surface area contributed by atoms with Crippen molar-refractivity contribution in [2.45, 2.75) is 26.3 Å². The lowest BCUT2D eigenvalue weighted by Gasteiger charge is -2.37. The summed E-state index contributed by atoms with van der Waals surface area (Å²) < 4.78 is 5.17. The molecule has 0 unspecified atom stereocenters. The molecule has 2 heterocycles. The molecular formula is C25H33N3O3. The summed E-state index contributed by atoms with van der Waals surface area (Å²) in [6, 6.07) is 15.0. The Labute approximate surface area is 184 Å². The number of rotatable bonds is 6. The Morgan fingerprint density at radius 3 is 2.55 bits per heavy atom. The Morgan fingerprint density at radius 2 is 1.74 bits per heavy atom. The fourth-order valence-electron chi connectivity index (χ4n) is 4.77. The highest BCUT2D eigenvalue weighted by molar-refractivity contribution is 5.85. The van der Waals surface area contributed by atoms with Crippen LogP contribution in [0.5, 0.6) is 0 Å². The molecule has 2 aromatic rings. The van der Waals surface area contributed by atoms with Gasteiger partial charge >= 0.3 is 5.97 Å². The summed E-state index contributed by atoms with van der Waals surface area (Å²) in [6.45, 7) is 8.38. The number of hydrogen-bond donors (Lipinski definition) is 0. The minimum absolute atomic E-state index is 0.0981. The largest absolute Gasteiger partial charge is 0.466 e. The average Bonchev–Trinajstić information content (AvgIpc) is 2.80. The van der Waals surface area contributed by atoms with Crippen LogP contribution in [0.25, 0.3) is 10.8 Å². The van der Waals surface area contributed by atoms with E-state index in [1.54, 1.807) is 0 Å². The smallest absolute Gasteiger partial charge is 0.310 e. The molecule has 0 radical (unpaired) electrons. The van der Waals surface area contributed by atoms with Crippen LogP contribution in [0.4, 0.5) is 0 Å². The molecule has 0 aromatic heterocycles. The molecule has 0 N–H and O–H groups in total. The van der Waals surface area contributed by atoms with Crippen LogP contribution < -0.4 is 0 Å². The Morgan fingerprint density at radius 1 is 0.968 bits per heavy atom. The standard InChI is InChI=1S/C25H33N3O3/c1-2-31-25(30)22-10-6-12-27(18-22)19-24(29)28-15-13-26(14-16-28)17-21-9-5-8-20-7-3-4-11-23(20)21/h3-5,7-9,11,22H,2,6,10,12-19H2,1H3/t22-/m0/s1. The van der Waals surface area contributed by atoms with E-state index in [4.69, 9.17) is 4.74 Å². The van der Waals surface area contributed by atoms with Crippen molar-refractivity contribution in [3.05, 3.63) is 48.0 Å². The maximum absolute atomic E-state index is 12.9. The number of esters is 1. The number of carbonyl (C=O) groups is 2. The lowest BCUT2D eigenvalue weighted by Crippen LogP contribution is -2.52. The number of hydrogen-bond acceptors (Lipinski definition) is 5. The lowest BCUT2D eigenvalue weighted by atomic mass is 9.98. The van der Waals surface area contributed by atoms with E-state index in [0.717, 1.165) is 52.1 Å². The van der Waals surface area contributed by atoms with Crippen molar-refractivity contribution in [3.63, 3.8) is 0 Å². The fraction of sp³-hybridized carbons (Fsp3) is 0.520. The van der Waals surface area contributed by atoms with Crippen molar-refractivity contribution in [1.82, 2.24) is 14.7 Å². The summed E-state index contributed by atoms with van der Waals surface area (Å²) in [5.74, 6) is -0.0462. The third-order valence-electron chi connectivity index (χ3n) is 6.48. The first-order valence-electron chi connectivity index (χ1n) is 11.5. The first-order valence-corrected chi connectivity index (χ1v) is 11.5. The van der Waals surface area contributed by atoms with Crippen LogP contribution in [-0.4, -0.2) is 79.0 Å². The minimum Gasteiger partial charge on any atom is -0.466 e. The lowest BCUT2D eigenvalue weighted by molar-refractivity contribution is -0.150. The van der Waals surface area contributed by atoms with Gasteiger partial charge in [0.05, 0.1) is 19.1 Å². The number of amides is 1. The van der Waals surface area contributed by atoms with Gasteiger partial charge < -0.3 is 9.64 Å². The highest BCUT2D eigenvalue weighted by Gasteiger charge is 2.29. The molecule has 31 heavy (non-hydrogen) atoms. The van der Waals surface area contributed by atoms with Gasteiger partial charge in [-0.25, -0.2) is 0 Å². The number of benzene rings is 2. The number of piperazine rings is 1. The molecule has 1 atom stereocenters. The van der Waals surface area contributed by atoms with Gasteiger partial charge in [-0.3, -0.25) is 19.4 Å². The zero-order valence-electron chi connectivity index (χ0n) is 18.5. The van der Waals surface area contributed by atoms with Crippen molar-refractivity contribution in [2.75, 3.05) is 52.4 Å². The van der Waals surface area contributed by atoms with Crippen LogP contribution >= 0.6 is 0 Å². The van der Waals surface area contributed by atoms with E-state index in [9.17, 15) is 9.59 Å². The SMILES string of the molecule is CCOC(=O)[C@H]1CCCN(CC(=O)N2CCN(Cc3cccc4ccccc34)CC2)C1. The van der Waals surface area contributed by atoms with E-state index < -0.39 is 0 Å². The van der Waals surface area contributed by atoms with Crippen LogP contribution in [0, 0.1) is 5.92 Å². The van der Waals surface area contributed by atoms with Crippen LogP contribution in [0.2, 0.25) is 0 Å². The molecule has 2 saturated heterocycles. The number of nitrogens with zero attached hydrogens (tertiary/aromatic N) is 3. The van der Waals surface area contributed by atoms with Gasteiger partial charge in [-0.1, -0.05) is 42.5 Å². The number of likely N-dealkylation sites (tertiary alicyclic amines) is 1. The molecule has 2 aliphatic rings. The van der Waals surface area contributed by atoms with Crippen LogP contribution in [0.1, 0.15) is 25.3 Å². The zero-order valence-corrected chi connectivity index (χ0v) is 18.5. The predicted molar refractivity (Wildman–Crippen MR) is 122 cm³/mol. The van der Waals surface area contributed by atoms with Gasteiger partial charge in [-0.2, -0.15) is 0 Å². The second kappa shape index (κ2) is 10.2. The van der Waals surface area contributed by atoms with Gasteiger partial charge in [0, 0.05) is 39.3 Å². The summed E-state index contributed by atoms with van der Waals surface area (Å²) in [7, 11) is 0. The van der Waals surface area contributed by atoms with E-state index in [-0.39, 0.29) is 17.8 Å². The Kier molecular flexibility index (Phi) is 7.20. The molecule has 2 fully saturated rings. The quantitative estimate of drug-likeness (QED) is 0.669. The minimum atomic E-state index is -0.123. The summed E-state index contributed by atoms with van der Waals surface area (Å²) in [5, 5.41) is 2.58. The third-order valence-corrected chi connectivity index (χ3v) is 6.48. The molecule has 2 aromatic carbocycles. The van der Waals surface area contributed by atoms with Crippen molar-refractivity contribution in [2.24, 2.45) is 5.92 Å². The number of piperidine rings is 1. The van der Waals surface area contributed by atoms with Gasteiger partial charge in [0.15, 0.2) is 0 Å². The van der Waals surface area contributed by atoms with Crippen LogP contribution in [-0.2, 0) is 20.9 Å². The monoisotopic (exact) mass is 423 g/mol. The van der Waals surface area contributed by atoms with E-state index in [1.165, 1.54) is 16.3 Å². The highest BCUT2D eigenvalue weighted by atomic mass is 16.5. The summed E-state index contributed by atoms with van der Waals surface area (Å²) in [5.41, 5.74) is 1.34. The molecular weight excluding hydrogens is 390 g/mol. The van der Waals surface area contributed by atoms with Crippen molar-refractivity contribution in [3.8, 4) is 0 Å². The van der Waals surface area contributed by atoms with Crippen molar-refractivity contribution < 1.29 is 14.3 Å². The average molecular weight is 424 g/mol. The predicted octanol–water partition coefficient (Wildman–Crippen LogP) is 2.76. The van der Waals surface area contributed by atoms with E-state index >= 15 is 0 Å². The molecule has 166 valence electrons. The molecule has 0 aliphatic carbocycles. The van der Waals surface area contributed by atoms with E-state index in [0.29, 0.717) is 19.7 Å². The summed E-state index contributed by atoms with van der Waals surface area (Å²) in [6.07, 6.45) is 1.80. The second-order valence-corrected chi connectivity index (χ2v) is 8.62. The zero-order chi connectivity index (χ0) is 21.6. The van der Waals surface area contributed by atoms with Gasteiger partial charge in [0.2, 0.25) is 5.91 Å². The maximum atomic E-state index is 12.9. The van der Waals surface area contributed by atoms with E-state index in [2.05, 4.69) is 52.3 Å². The highest BCUT2D eigenvalue weighted by Crippen LogP contribution is 2.21. The molecule has 0 spiro atoms. The fourth-order valence-corrected chi connectivity index (χ4v) is 4.77. The van der Waals surface area contributed by atoms with Crippen molar-refractivity contribution in [1.29, 1.82) is 0 Å². The van der Waals surface area contributed by atoms with Gasteiger partial charge in [0.25, 0.3) is 0 Å². The topological polar surface area (TPSA) is 53.1 Å². The number of carbonyl (C=O) groups excluding carboxylic acids is 2. The van der Waals surface area contributed by atoms with Crippen LogP contribution in [0.15, 0.2) is 42.5 Å². The van der Waals surface area contributed by atoms with Crippen LogP contribution in [0.3, 0.4) is 0 Å². The third kappa shape index (κ3) is 5.43. The van der Waals surface area contributed by atoms with E-state index in [1.807, 2.05) is 11.8 Å². The summed E-state index contributed by atoms with van der Waals surface area (Å²) in [4.78, 5) is 31.4. The summed E-state index contributed by atoms with van der Waals surface area (Å²) >= 11 is 0. The normalized spacial score (nSPS) is 20.7. The Hall–Kier alpha value is -2.44. The molecule has 4 rings (SSSR count). The first kappa shape index (κ1) is 21.8. The first-order chi connectivity index (χ1) is 15.1. The molecule has 1 amide bonds. The molecule has 6 nitrogen and oxygen atoms in total. The number of fused-ring (bicyclic) bond motifs is 1. The van der Waals surface area contributed by atoms with Crippen molar-refractivity contribution >= 4 is 22.6 Å². The molecule has 0 saturated carbocycles. The molecule has 6 heteroatoms. The van der Waals surface area contributed by atoms with Gasteiger partial charge in [0.1, 0.15) is 0 Å². The van der Waals surface area contributed by atoms with Gasteiger partial charge in [-0.15, -0.1) is 0 Å². The Bertz CT molecular complexity index is 903. The second-order valence-electron chi connectivity index (χ2n) is 8.62.